The van der Waals surface area contributed by atoms with E-state index in [2.05, 4.69) is 15.3 Å². The Morgan fingerprint density at radius 1 is 1.40 bits per heavy atom. The molecule has 20 heavy (non-hydrogen) atoms. The maximum Gasteiger partial charge on any atom is 0.242 e. The van der Waals surface area contributed by atoms with Gasteiger partial charge in [0.2, 0.25) is 11.8 Å². The van der Waals surface area contributed by atoms with Crippen LogP contribution in [-0.4, -0.2) is 45.8 Å². The van der Waals surface area contributed by atoms with Crippen LogP contribution in [0.15, 0.2) is 12.5 Å². The highest BCUT2D eigenvalue weighted by Gasteiger charge is 2.40. The number of hydrogen-bond acceptors (Lipinski definition) is 3. The lowest BCUT2D eigenvalue weighted by atomic mass is 10.2. The van der Waals surface area contributed by atoms with E-state index in [0.29, 0.717) is 6.54 Å². The summed E-state index contributed by atoms with van der Waals surface area (Å²) in [6, 6.07) is -0.259. The first kappa shape index (κ1) is 13.1. The van der Waals surface area contributed by atoms with Crippen LogP contribution in [0.3, 0.4) is 0 Å². The van der Waals surface area contributed by atoms with Crippen molar-refractivity contribution < 1.29 is 9.59 Å². The first-order chi connectivity index (χ1) is 9.75. The predicted molar refractivity (Wildman–Crippen MR) is 72.8 cm³/mol. The van der Waals surface area contributed by atoms with E-state index in [0.717, 1.165) is 44.3 Å². The van der Waals surface area contributed by atoms with Crippen molar-refractivity contribution in [1.29, 1.82) is 0 Å². The molecule has 1 saturated heterocycles. The largest absolute Gasteiger partial charge is 0.354 e. The molecule has 2 aliphatic rings. The molecule has 1 saturated carbocycles. The molecule has 2 heterocycles. The SMILES string of the molecule is O=C(NCCc1cnc[nH]1)C1CCCN1C(=O)C1CC1. The molecule has 0 radical (unpaired) electrons. The van der Waals surface area contributed by atoms with Crippen molar-refractivity contribution in [2.45, 2.75) is 38.1 Å². The Bertz CT molecular complexity index is 481. The van der Waals surface area contributed by atoms with Crippen molar-refractivity contribution >= 4 is 11.8 Å². The molecule has 3 rings (SSSR count). The minimum absolute atomic E-state index is 0.0176. The first-order valence-corrected chi connectivity index (χ1v) is 7.31. The van der Waals surface area contributed by atoms with Crippen molar-refractivity contribution in [1.82, 2.24) is 20.2 Å². The number of amides is 2. The monoisotopic (exact) mass is 276 g/mol. The average molecular weight is 276 g/mol. The second-order valence-corrected chi connectivity index (χ2v) is 5.58. The molecule has 108 valence electrons. The number of rotatable bonds is 5. The van der Waals surface area contributed by atoms with E-state index in [-0.39, 0.29) is 23.8 Å². The highest BCUT2D eigenvalue weighted by atomic mass is 16.2. The molecular formula is C14H20N4O2. The smallest absolute Gasteiger partial charge is 0.242 e. The summed E-state index contributed by atoms with van der Waals surface area (Å²) in [4.78, 5) is 33.0. The van der Waals surface area contributed by atoms with E-state index in [9.17, 15) is 9.59 Å². The molecule has 0 aromatic carbocycles. The van der Waals surface area contributed by atoms with E-state index >= 15 is 0 Å². The lowest BCUT2D eigenvalue weighted by Gasteiger charge is -2.23. The van der Waals surface area contributed by atoms with Gasteiger partial charge in [-0.05, 0) is 25.7 Å². The fourth-order valence-electron chi connectivity index (χ4n) is 2.73. The molecule has 2 amide bonds. The van der Waals surface area contributed by atoms with E-state index in [1.54, 1.807) is 17.4 Å². The van der Waals surface area contributed by atoms with Crippen LogP contribution in [0.2, 0.25) is 0 Å². The second kappa shape index (κ2) is 5.64. The Kier molecular flexibility index (Phi) is 3.71. The van der Waals surface area contributed by atoms with Gasteiger partial charge in [-0.15, -0.1) is 0 Å². The summed E-state index contributed by atoms with van der Waals surface area (Å²) in [5.74, 6) is 0.348. The predicted octanol–water partition coefficient (Wildman–Crippen LogP) is 0.469. The summed E-state index contributed by atoms with van der Waals surface area (Å²) in [7, 11) is 0. The molecule has 2 N–H and O–H groups in total. The normalized spacial score (nSPS) is 22.0. The van der Waals surface area contributed by atoms with Gasteiger partial charge in [-0.1, -0.05) is 0 Å². The summed E-state index contributed by atoms with van der Waals surface area (Å²) in [5.41, 5.74) is 1.00. The van der Waals surface area contributed by atoms with Crippen molar-refractivity contribution in [2.75, 3.05) is 13.1 Å². The summed E-state index contributed by atoms with van der Waals surface area (Å²) < 4.78 is 0. The van der Waals surface area contributed by atoms with Gasteiger partial charge < -0.3 is 15.2 Å². The number of carbonyl (C=O) groups excluding carboxylic acids is 2. The lowest BCUT2D eigenvalue weighted by molar-refractivity contribution is -0.139. The van der Waals surface area contributed by atoms with E-state index in [1.165, 1.54) is 0 Å². The van der Waals surface area contributed by atoms with Crippen LogP contribution in [0.5, 0.6) is 0 Å². The van der Waals surface area contributed by atoms with Crippen LogP contribution in [0, 0.1) is 5.92 Å². The van der Waals surface area contributed by atoms with Crippen LogP contribution in [-0.2, 0) is 16.0 Å². The number of carbonyl (C=O) groups is 2. The Hall–Kier alpha value is -1.85. The van der Waals surface area contributed by atoms with Gasteiger partial charge in [0.25, 0.3) is 0 Å². The molecule has 1 unspecified atom stereocenters. The fourth-order valence-corrected chi connectivity index (χ4v) is 2.73. The molecule has 1 aliphatic heterocycles. The number of likely N-dealkylation sites (tertiary alicyclic amines) is 1. The van der Waals surface area contributed by atoms with Gasteiger partial charge in [0.15, 0.2) is 0 Å². The van der Waals surface area contributed by atoms with Crippen molar-refractivity contribution in [3.8, 4) is 0 Å². The van der Waals surface area contributed by atoms with Gasteiger partial charge in [0, 0.05) is 37.3 Å². The third kappa shape index (κ3) is 2.84. The van der Waals surface area contributed by atoms with Crippen LogP contribution < -0.4 is 5.32 Å². The minimum atomic E-state index is -0.259. The number of nitrogens with one attached hydrogen (secondary N) is 2. The van der Waals surface area contributed by atoms with Gasteiger partial charge >= 0.3 is 0 Å². The Balaban J connectivity index is 1.49. The zero-order valence-corrected chi connectivity index (χ0v) is 11.5. The molecule has 0 spiro atoms. The Morgan fingerprint density at radius 3 is 2.95 bits per heavy atom. The van der Waals surface area contributed by atoms with Crippen LogP contribution in [0.4, 0.5) is 0 Å². The van der Waals surface area contributed by atoms with Gasteiger partial charge in [0.05, 0.1) is 6.33 Å². The molecule has 1 aliphatic carbocycles. The molecule has 1 atom stereocenters. The van der Waals surface area contributed by atoms with Gasteiger partial charge in [-0.2, -0.15) is 0 Å². The maximum atomic E-state index is 12.2. The first-order valence-electron chi connectivity index (χ1n) is 7.31. The zero-order valence-electron chi connectivity index (χ0n) is 11.5. The number of aromatic nitrogens is 2. The summed E-state index contributed by atoms with van der Waals surface area (Å²) >= 11 is 0. The van der Waals surface area contributed by atoms with Crippen molar-refractivity contribution in [3.63, 3.8) is 0 Å². The molecule has 6 heteroatoms. The summed E-state index contributed by atoms with van der Waals surface area (Å²) in [6.45, 7) is 1.30. The quantitative estimate of drug-likeness (QED) is 0.820. The highest BCUT2D eigenvalue weighted by Crippen LogP contribution is 2.33. The van der Waals surface area contributed by atoms with Crippen LogP contribution in [0.1, 0.15) is 31.4 Å². The third-order valence-corrected chi connectivity index (χ3v) is 4.01. The number of H-pyrrole nitrogens is 1. The third-order valence-electron chi connectivity index (χ3n) is 4.01. The molecular weight excluding hydrogens is 256 g/mol. The number of hydrogen-bond donors (Lipinski definition) is 2. The van der Waals surface area contributed by atoms with Crippen LogP contribution in [0.25, 0.3) is 0 Å². The van der Waals surface area contributed by atoms with Gasteiger partial charge in [-0.25, -0.2) is 4.98 Å². The second-order valence-electron chi connectivity index (χ2n) is 5.58. The number of nitrogens with zero attached hydrogens (tertiary/aromatic N) is 2. The highest BCUT2D eigenvalue weighted by molar-refractivity contribution is 5.89. The minimum Gasteiger partial charge on any atom is -0.354 e. The van der Waals surface area contributed by atoms with Crippen LogP contribution >= 0.6 is 0 Å². The average Bonchev–Trinajstić information content (AvgIpc) is 2.97. The van der Waals surface area contributed by atoms with E-state index in [1.807, 2.05) is 0 Å². The van der Waals surface area contributed by atoms with Gasteiger partial charge in [0.1, 0.15) is 6.04 Å². The maximum absolute atomic E-state index is 12.2. The topological polar surface area (TPSA) is 78.1 Å². The van der Waals surface area contributed by atoms with Crippen molar-refractivity contribution in [2.24, 2.45) is 5.92 Å². The number of aromatic amines is 1. The lowest BCUT2D eigenvalue weighted by Crippen LogP contribution is -2.46. The zero-order chi connectivity index (χ0) is 13.9. The Labute approximate surface area is 117 Å². The van der Waals surface area contributed by atoms with Gasteiger partial charge in [-0.3, -0.25) is 9.59 Å². The molecule has 6 nitrogen and oxygen atoms in total. The standard InChI is InChI=1S/C14H20N4O2/c19-13(16-6-5-11-8-15-9-17-11)12-2-1-7-18(12)14(20)10-3-4-10/h8-10,12H,1-7H2,(H,15,17)(H,16,19). The van der Waals surface area contributed by atoms with E-state index < -0.39 is 0 Å². The molecule has 1 aromatic heterocycles. The molecule has 1 aromatic rings. The number of imidazole rings is 1. The fraction of sp³-hybridized carbons (Fsp3) is 0.643. The van der Waals surface area contributed by atoms with Crippen molar-refractivity contribution in [3.05, 3.63) is 18.2 Å². The summed E-state index contributed by atoms with van der Waals surface area (Å²) in [6.07, 6.45) is 7.81. The molecule has 2 fully saturated rings. The molecule has 0 bridgehead atoms. The van der Waals surface area contributed by atoms with E-state index in [4.69, 9.17) is 0 Å². The summed E-state index contributed by atoms with van der Waals surface area (Å²) in [5, 5.41) is 2.93. The Morgan fingerprint density at radius 2 is 2.25 bits per heavy atom.